The molecule has 1 unspecified atom stereocenters. The van der Waals surface area contributed by atoms with Crippen molar-refractivity contribution in [3.63, 3.8) is 0 Å². The standard InChI is InChI=1S/C18H32N4O/c1-7-15(2)21(4)13-12-20-18(19-3)22(5)14-16-10-8-9-11-17(16)23-6/h8-11,15H,7,12-14H2,1-6H3,(H,19,20). The monoisotopic (exact) mass is 320 g/mol. The third kappa shape index (κ3) is 6.10. The summed E-state index contributed by atoms with van der Waals surface area (Å²) in [5.74, 6) is 1.81. The Bertz CT molecular complexity index is 490. The Morgan fingerprint density at radius 2 is 2.00 bits per heavy atom. The Labute approximate surface area is 141 Å². The Morgan fingerprint density at radius 1 is 1.30 bits per heavy atom. The predicted octanol–water partition coefficient (Wildman–Crippen LogP) is 2.43. The van der Waals surface area contributed by atoms with E-state index in [-0.39, 0.29) is 0 Å². The minimum Gasteiger partial charge on any atom is -0.496 e. The first-order valence-electron chi connectivity index (χ1n) is 8.27. The van der Waals surface area contributed by atoms with Gasteiger partial charge in [-0.25, -0.2) is 0 Å². The fourth-order valence-corrected chi connectivity index (χ4v) is 2.42. The number of hydrogen-bond acceptors (Lipinski definition) is 3. The van der Waals surface area contributed by atoms with Gasteiger partial charge in [0, 0.05) is 45.3 Å². The zero-order valence-corrected chi connectivity index (χ0v) is 15.5. The van der Waals surface area contributed by atoms with Gasteiger partial charge in [0.25, 0.3) is 0 Å². The van der Waals surface area contributed by atoms with Crippen molar-refractivity contribution in [2.75, 3.05) is 41.3 Å². The van der Waals surface area contributed by atoms with Gasteiger partial charge in [-0.15, -0.1) is 0 Å². The van der Waals surface area contributed by atoms with Crippen LogP contribution in [0.15, 0.2) is 29.3 Å². The molecule has 0 saturated heterocycles. The Hall–Kier alpha value is -1.75. The number of nitrogens with one attached hydrogen (secondary N) is 1. The lowest BCUT2D eigenvalue weighted by molar-refractivity contribution is 0.255. The molecule has 1 aromatic rings. The highest BCUT2D eigenvalue weighted by Crippen LogP contribution is 2.18. The Kier molecular flexibility index (Phi) is 8.48. The van der Waals surface area contributed by atoms with Gasteiger partial charge in [-0.3, -0.25) is 4.99 Å². The van der Waals surface area contributed by atoms with E-state index >= 15 is 0 Å². The molecule has 23 heavy (non-hydrogen) atoms. The van der Waals surface area contributed by atoms with Gasteiger partial charge in [-0.1, -0.05) is 25.1 Å². The summed E-state index contributed by atoms with van der Waals surface area (Å²) in [6.07, 6.45) is 1.17. The average Bonchev–Trinajstić information content (AvgIpc) is 2.58. The second-order valence-electron chi connectivity index (χ2n) is 5.88. The summed E-state index contributed by atoms with van der Waals surface area (Å²) in [5.41, 5.74) is 1.15. The summed E-state index contributed by atoms with van der Waals surface area (Å²) in [5, 5.41) is 3.43. The SMILES string of the molecule is CCC(C)N(C)CCNC(=NC)N(C)Cc1ccccc1OC. The van der Waals surface area contributed by atoms with Gasteiger partial charge >= 0.3 is 0 Å². The van der Waals surface area contributed by atoms with Crippen molar-refractivity contribution in [3.8, 4) is 5.75 Å². The third-order valence-electron chi connectivity index (χ3n) is 4.26. The van der Waals surface area contributed by atoms with Gasteiger partial charge in [0.1, 0.15) is 5.75 Å². The van der Waals surface area contributed by atoms with E-state index in [2.05, 4.69) is 47.1 Å². The van der Waals surface area contributed by atoms with Gasteiger partial charge in [0.15, 0.2) is 5.96 Å². The Balaban J connectivity index is 2.54. The summed E-state index contributed by atoms with van der Waals surface area (Å²) in [7, 11) is 7.73. The number of hydrogen-bond donors (Lipinski definition) is 1. The number of para-hydroxylation sites is 1. The van der Waals surface area contributed by atoms with Crippen molar-refractivity contribution in [3.05, 3.63) is 29.8 Å². The number of aliphatic imine (C=N–C) groups is 1. The molecule has 0 fully saturated rings. The van der Waals surface area contributed by atoms with Gasteiger partial charge in [-0.05, 0) is 26.5 Å². The first kappa shape index (κ1) is 19.3. The lowest BCUT2D eigenvalue weighted by atomic mass is 10.2. The highest BCUT2D eigenvalue weighted by molar-refractivity contribution is 5.79. The minimum absolute atomic E-state index is 0.602. The largest absolute Gasteiger partial charge is 0.496 e. The van der Waals surface area contributed by atoms with Crippen LogP contribution in [0.2, 0.25) is 0 Å². The van der Waals surface area contributed by atoms with Gasteiger partial charge in [0.2, 0.25) is 0 Å². The molecule has 0 aliphatic heterocycles. The van der Waals surface area contributed by atoms with E-state index < -0.39 is 0 Å². The number of methoxy groups -OCH3 is 1. The van der Waals surface area contributed by atoms with Crippen molar-refractivity contribution in [2.24, 2.45) is 4.99 Å². The van der Waals surface area contributed by atoms with E-state index in [1.165, 1.54) is 6.42 Å². The zero-order valence-electron chi connectivity index (χ0n) is 15.5. The van der Waals surface area contributed by atoms with Crippen molar-refractivity contribution in [1.29, 1.82) is 0 Å². The van der Waals surface area contributed by atoms with Crippen LogP contribution in [-0.4, -0.2) is 63.1 Å². The van der Waals surface area contributed by atoms with Gasteiger partial charge in [-0.2, -0.15) is 0 Å². The fraction of sp³-hybridized carbons (Fsp3) is 0.611. The maximum absolute atomic E-state index is 5.42. The highest BCUT2D eigenvalue weighted by atomic mass is 16.5. The third-order valence-corrected chi connectivity index (χ3v) is 4.26. The van der Waals surface area contributed by atoms with Crippen LogP contribution in [0.25, 0.3) is 0 Å². The number of nitrogens with zero attached hydrogens (tertiary/aromatic N) is 3. The number of likely N-dealkylation sites (N-methyl/N-ethyl adjacent to an activating group) is 1. The molecule has 1 rings (SSSR count). The summed E-state index contributed by atoms with van der Waals surface area (Å²) < 4.78 is 5.42. The summed E-state index contributed by atoms with van der Waals surface area (Å²) in [4.78, 5) is 8.85. The maximum Gasteiger partial charge on any atom is 0.193 e. The van der Waals surface area contributed by atoms with E-state index in [4.69, 9.17) is 4.74 Å². The molecule has 0 amide bonds. The molecule has 5 heteroatoms. The van der Waals surface area contributed by atoms with E-state index in [1.807, 2.05) is 32.3 Å². The number of benzene rings is 1. The normalized spacial score (nSPS) is 13.1. The fourth-order valence-electron chi connectivity index (χ4n) is 2.42. The van der Waals surface area contributed by atoms with Crippen molar-refractivity contribution in [1.82, 2.24) is 15.1 Å². The van der Waals surface area contributed by atoms with Crippen LogP contribution in [0.3, 0.4) is 0 Å². The zero-order chi connectivity index (χ0) is 17.2. The summed E-state index contributed by atoms with van der Waals surface area (Å²) in [6.45, 7) is 7.10. The topological polar surface area (TPSA) is 40.1 Å². The van der Waals surface area contributed by atoms with Crippen LogP contribution in [0.4, 0.5) is 0 Å². The van der Waals surface area contributed by atoms with Crippen molar-refractivity contribution in [2.45, 2.75) is 32.9 Å². The molecule has 1 N–H and O–H groups in total. The second-order valence-corrected chi connectivity index (χ2v) is 5.88. The highest BCUT2D eigenvalue weighted by Gasteiger charge is 2.11. The molecule has 0 spiro atoms. The maximum atomic E-state index is 5.42. The lowest BCUT2D eigenvalue weighted by Crippen LogP contribution is -2.43. The van der Waals surface area contributed by atoms with Crippen LogP contribution in [0, 0.1) is 0 Å². The molecule has 0 aliphatic rings. The van der Waals surface area contributed by atoms with E-state index in [9.17, 15) is 0 Å². The molecule has 0 aliphatic carbocycles. The molecule has 1 atom stereocenters. The Morgan fingerprint density at radius 3 is 2.61 bits per heavy atom. The lowest BCUT2D eigenvalue weighted by Gasteiger charge is -2.26. The molecule has 0 saturated carbocycles. The molecule has 0 heterocycles. The van der Waals surface area contributed by atoms with Crippen LogP contribution in [-0.2, 0) is 6.54 Å². The van der Waals surface area contributed by atoms with Crippen molar-refractivity contribution < 1.29 is 4.74 Å². The first-order valence-corrected chi connectivity index (χ1v) is 8.27. The quantitative estimate of drug-likeness (QED) is 0.590. The summed E-state index contributed by atoms with van der Waals surface area (Å²) in [6, 6.07) is 8.69. The van der Waals surface area contributed by atoms with Crippen LogP contribution in [0.5, 0.6) is 5.75 Å². The predicted molar refractivity (Wildman–Crippen MR) is 98.2 cm³/mol. The summed E-state index contributed by atoms with van der Waals surface area (Å²) >= 11 is 0. The van der Waals surface area contributed by atoms with E-state index in [1.54, 1.807) is 7.11 Å². The van der Waals surface area contributed by atoms with Crippen LogP contribution < -0.4 is 10.1 Å². The number of guanidine groups is 1. The van der Waals surface area contributed by atoms with Crippen LogP contribution >= 0.6 is 0 Å². The number of ether oxygens (including phenoxy) is 1. The average molecular weight is 320 g/mol. The van der Waals surface area contributed by atoms with Gasteiger partial charge in [0.05, 0.1) is 7.11 Å². The minimum atomic E-state index is 0.602. The van der Waals surface area contributed by atoms with Crippen molar-refractivity contribution >= 4 is 5.96 Å². The van der Waals surface area contributed by atoms with E-state index in [0.717, 1.165) is 36.9 Å². The first-order chi connectivity index (χ1) is 11.0. The molecule has 130 valence electrons. The molecule has 1 aromatic carbocycles. The molecular formula is C18H32N4O. The smallest absolute Gasteiger partial charge is 0.193 e. The molecule has 0 aromatic heterocycles. The molecule has 0 radical (unpaired) electrons. The van der Waals surface area contributed by atoms with Gasteiger partial charge < -0.3 is 19.9 Å². The number of rotatable bonds is 8. The second kappa shape index (κ2) is 10.1. The van der Waals surface area contributed by atoms with E-state index in [0.29, 0.717) is 6.04 Å². The molecular weight excluding hydrogens is 288 g/mol. The molecule has 0 bridgehead atoms. The van der Waals surface area contributed by atoms with Crippen LogP contribution in [0.1, 0.15) is 25.8 Å². The molecule has 5 nitrogen and oxygen atoms in total.